The lowest BCUT2D eigenvalue weighted by atomic mass is 10.2. The summed E-state index contributed by atoms with van der Waals surface area (Å²) in [4.78, 5) is 35.3. The van der Waals surface area contributed by atoms with Gasteiger partial charge in [-0.15, -0.1) is 11.3 Å². The van der Waals surface area contributed by atoms with Crippen LogP contribution in [0.4, 0.5) is 0 Å². The minimum Gasteiger partial charge on any atom is -0.304 e. The molecule has 0 atom stereocenters. The van der Waals surface area contributed by atoms with E-state index in [2.05, 4.69) is 33.7 Å². The number of piperazine rings is 2. The van der Waals surface area contributed by atoms with Crippen molar-refractivity contribution >= 4 is 22.9 Å². The van der Waals surface area contributed by atoms with Gasteiger partial charge in [-0.2, -0.15) is 0 Å². The zero-order valence-corrected chi connectivity index (χ0v) is 16.1. The van der Waals surface area contributed by atoms with Gasteiger partial charge in [0, 0.05) is 52.4 Å². The smallest absolute Gasteiger partial charge is 0.186 e. The van der Waals surface area contributed by atoms with E-state index in [9.17, 15) is 9.59 Å². The number of hydrogen-bond acceptors (Lipinski definition) is 7. The fourth-order valence-electron chi connectivity index (χ4n) is 3.21. The van der Waals surface area contributed by atoms with Crippen LogP contribution in [0.15, 0.2) is 12.1 Å². The monoisotopic (exact) mass is 364 g/mol. The number of ketones is 2. The van der Waals surface area contributed by atoms with Gasteiger partial charge in [-0.25, -0.2) is 0 Å². The second kappa shape index (κ2) is 8.51. The van der Waals surface area contributed by atoms with Crippen molar-refractivity contribution in [3.05, 3.63) is 21.9 Å². The van der Waals surface area contributed by atoms with E-state index < -0.39 is 0 Å². The van der Waals surface area contributed by atoms with Crippen LogP contribution < -0.4 is 0 Å². The van der Waals surface area contributed by atoms with E-state index in [0.717, 1.165) is 52.4 Å². The van der Waals surface area contributed by atoms with Crippen molar-refractivity contribution in [2.75, 3.05) is 79.5 Å². The fourth-order valence-corrected chi connectivity index (χ4v) is 4.08. The number of carbonyl (C=O) groups excluding carboxylic acids is 2. The number of carbonyl (C=O) groups is 2. The summed E-state index contributed by atoms with van der Waals surface area (Å²) >= 11 is 1.35. The SMILES string of the molecule is CN1CCN(CC(=O)c2ccc(C(=O)CN3CCN(C)CC3)s2)CC1. The molecule has 2 aliphatic heterocycles. The van der Waals surface area contributed by atoms with Gasteiger partial charge in [0.2, 0.25) is 0 Å². The van der Waals surface area contributed by atoms with Crippen LogP contribution in [0.5, 0.6) is 0 Å². The highest BCUT2D eigenvalue weighted by Gasteiger charge is 2.21. The minimum absolute atomic E-state index is 0.133. The van der Waals surface area contributed by atoms with Gasteiger partial charge < -0.3 is 9.80 Å². The van der Waals surface area contributed by atoms with E-state index in [1.54, 1.807) is 0 Å². The highest BCUT2D eigenvalue weighted by Crippen LogP contribution is 2.19. The fraction of sp³-hybridized carbons (Fsp3) is 0.667. The minimum atomic E-state index is 0.133. The molecule has 0 aliphatic carbocycles. The molecule has 0 radical (unpaired) electrons. The average Bonchev–Trinajstić information content (AvgIpc) is 3.09. The second-order valence-corrected chi connectivity index (χ2v) is 8.25. The molecule has 1 aromatic heterocycles. The molecular formula is C18H28N4O2S. The predicted molar refractivity (Wildman–Crippen MR) is 101 cm³/mol. The molecule has 25 heavy (non-hydrogen) atoms. The molecule has 0 bridgehead atoms. The third kappa shape index (κ3) is 5.18. The molecule has 1 aromatic rings. The Hall–Kier alpha value is -1.12. The van der Waals surface area contributed by atoms with Crippen molar-refractivity contribution in [1.29, 1.82) is 0 Å². The second-order valence-electron chi connectivity index (χ2n) is 7.17. The summed E-state index contributed by atoms with van der Waals surface area (Å²) in [5.41, 5.74) is 0. The van der Waals surface area contributed by atoms with Gasteiger partial charge in [-0.3, -0.25) is 19.4 Å². The van der Waals surface area contributed by atoms with Crippen LogP contribution in [0.2, 0.25) is 0 Å². The summed E-state index contributed by atoms with van der Waals surface area (Å²) in [7, 11) is 4.22. The summed E-state index contributed by atoms with van der Waals surface area (Å²) in [5.74, 6) is 0.265. The Morgan fingerprint density at radius 3 is 1.48 bits per heavy atom. The molecule has 0 aromatic carbocycles. The first kappa shape index (κ1) is 18.7. The van der Waals surface area contributed by atoms with Crippen molar-refractivity contribution in [3.63, 3.8) is 0 Å². The van der Waals surface area contributed by atoms with Crippen LogP contribution in [-0.2, 0) is 0 Å². The predicted octanol–water partition coefficient (Wildman–Crippen LogP) is 0.608. The van der Waals surface area contributed by atoms with Crippen molar-refractivity contribution in [3.8, 4) is 0 Å². The Kier molecular flexibility index (Phi) is 6.35. The highest BCUT2D eigenvalue weighted by molar-refractivity contribution is 7.16. The normalized spacial score (nSPS) is 21.5. The van der Waals surface area contributed by atoms with Crippen molar-refractivity contribution < 1.29 is 9.59 Å². The molecule has 0 unspecified atom stereocenters. The standard InChI is InChI=1S/C18H28N4O2S/c1-19-5-9-21(10-6-19)13-15(23)17-3-4-18(25-17)16(24)14-22-11-7-20(2)8-12-22/h3-4H,5-14H2,1-2H3. The van der Waals surface area contributed by atoms with Gasteiger partial charge in [-0.05, 0) is 26.2 Å². The summed E-state index contributed by atoms with van der Waals surface area (Å²) in [6, 6.07) is 3.64. The van der Waals surface area contributed by atoms with Gasteiger partial charge in [0.05, 0.1) is 22.8 Å². The number of Topliss-reactive ketones (excluding diaryl/α,β-unsaturated/α-hetero) is 2. The molecule has 0 spiro atoms. The van der Waals surface area contributed by atoms with E-state index in [0.29, 0.717) is 22.8 Å². The first-order chi connectivity index (χ1) is 12.0. The summed E-state index contributed by atoms with van der Waals surface area (Å²) in [6.45, 7) is 8.68. The Balaban J connectivity index is 1.51. The van der Waals surface area contributed by atoms with Crippen LogP contribution in [-0.4, -0.2) is 111 Å². The molecule has 2 aliphatic rings. The number of thiophene rings is 1. The van der Waals surface area contributed by atoms with Gasteiger partial charge in [-0.1, -0.05) is 0 Å². The van der Waals surface area contributed by atoms with Crippen LogP contribution in [0.1, 0.15) is 19.3 Å². The Labute approximate surface area is 154 Å². The van der Waals surface area contributed by atoms with Gasteiger partial charge >= 0.3 is 0 Å². The van der Waals surface area contributed by atoms with Crippen LogP contribution >= 0.6 is 11.3 Å². The quantitative estimate of drug-likeness (QED) is 0.690. The van der Waals surface area contributed by atoms with Crippen LogP contribution in [0.25, 0.3) is 0 Å². The van der Waals surface area contributed by atoms with Gasteiger partial charge in [0.25, 0.3) is 0 Å². The number of likely N-dealkylation sites (N-methyl/N-ethyl adjacent to an activating group) is 2. The number of hydrogen-bond donors (Lipinski definition) is 0. The molecule has 2 fully saturated rings. The van der Waals surface area contributed by atoms with Crippen molar-refractivity contribution in [2.45, 2.75) is 0 Å². The maximum absolute atomic E-state index is 12.5. The van der Waals surface area contributed by atoms with Crippen molar-refractivity contribution in [1.82, 2.24) is 19.6 Å². The topological polar surface area (TPSA) is 47.1 Å². The lowest BCUT2D eigenvalue weighted by Gasteiger charge is -2.31. The van der Waals surface area contributed by atoms with Crippen molar-refractivity contribution in [2.24, 2.45) is 0 Å². The van der Waals surface area contributed by atoms with Crippen LogP contribution in [0, 0.1) is 0 Å². The van der Waals surface area contributed by atoms with E-state index in [1.165, 1.54) is 11.3 Å². The maximum atomic E-state index is 12.5. The number of rotatable bonds is 6. The molecule has 0 N–H and O–H groups in total. The Morgan fingerprint density at radius 1 is 0.760 bits per heavy atom. The molecule has 3 heterocycles. The zero-order valence-electron chi connectivity index (χ0n) is 15.2. The first-order valence-corrected chi connectivity index (χ1v) is 9.81. The average molecular weight is 365 g/mol. The first-order valence-electron chi connectivity index (χ1n) is 8.99. The van der Waals surface area contributed by atoms with E-state index in [-0.39, 0.29) is 11.6 Å². The van der Waals surface area contributed by atoms with Gasteiger partial charge in [0.1, 0.15) is 0 Å². The molecule has 0 amide bonds. The van der Waals surface area contributed by atoms with E-state index in [1.807, 2.05) is 12.1 Å². The summed E-state index contributed by atoms with van der Waals surface area (Å²) in [5, 5.41) is 0. The molecule has 7 heteroatoms. The molecule has 0 saturated carbocycles. The Morgan fingerprint density at radius 2 is 1.12 bits per heavy atom. The van der Waals surface area contributed by atoms with Crippen LogP contribution in [0.3, 0.4) is 0 Å². The van der Waals surface area contributed by atoms with E-state index >= 15 is 0 Å². The number of nitrogens with zero attached hydrogens (tertiary/aromatic N) is 4. The maximum Gasteiger partial charge on any atom is 0.186 e. The molecule has 3 rings (SSSR count). The summed E-state index contributed by atoms with van der Waals surface area (Å²) < 4.78 is 0. The molecule has 138 valence electrons. The third-order valence-electron chi connectivity index (χ3n) is 5.08. The largest absolute Gasteiger partial charge is 0.304 e. The lowest BCUT2D eigenvalue weighted by Crippen LogP contribution is -2.46. The molecule has 6 nitrogen and oxygen atoms in total. The summed E-state index contributed by atoms with van der Waals surface area (Å²) in [6.07, 6.45) is 0. The molecule has 2 saturated heterocycles. The zero-order chi connectivity index (χ0) is 17.8. The molecular weight excluding hydrogens is 336 g/mol. The van der Waals surface area contributed by atoms with E-state index in [4.69, 9.17) is 0 Å². The Bertz CT molecular complexity index is 551. The van der Waals surface area contributed by atoms with Gasteiger partial charge in [0.15, 0.2) is 11.6 Å². The highest BCUT2D eigenvalue weighted by atomic mass is 32.1. The lowest BCUT2D eigenvalue weighted by molar-refractivity contribution is 0.0875. The third-order valence-corrected chi connectivity index (χ3v) is 6.25.